The van der Waals surface area contributed by atoms with E-state index >= 15 is 0 Å². The van der Waals surface area contributed by atoms with Crippen LogP contribution in [-0.2, 0) is 12.8 Å². The molecule has 1 nitrogen and oxygen atoms in total. The van der Waals surface area contributed by atoms with Crippen LogP contribution < -0.4 is 5.32 Å². The van der Waals surface area contributed by atoms with Crippen LogP contribution in [0.4, 0.5) is 0 Å². The predicted molar refractivity (Wildman–Crippen MR) is 86.1 cm³/mol. The van der Waals surface area contributed by atoms with E-state index in [1.807, 2.05) is 0 Å². The van der Waals surface area contributed by atoms with E-state index in [0.29, 0.717) is 6.04 Å². The van der Waals surface area contributed by atoms with Gasteiger partial charge in [0.15, 0.2) is 0 Å². The normalized spacial score (nSPS) is 27.3. The molecule has 0 bridgehead atoms. The number of nitrogens with one attached hydrogen (secondary N) is 1. The summed E-state index contributed by atoms with van der Waals surface area (Å²) in [6, 6.07) is 8.46. The molecule has 0 spiro atoms. The van der Waals surface area contributed by atoms with E-state index in [1.54, 1.807) is 11.1 Å². The molecule has 0 heterocycles. The van der Waals surface area contributed by atoms with Gasteiger partial charge in [-0.05, 0) is 68.1 Å². The van der Waals surface area contributed by atoms with E-state index in [2.05, 4.69) is 37.4 Å². The Balaban J connectivity index is 1.69. The summed E-state index contributed by atoms with van der Waals surface area (Å²) in [5.41, 5.74) is 4.70. The maximum absolute atomic E-state index is 3.90. The van der Waals surface area contributed by atoms with Crippen molar-refractivity contribution in [3.8, 4) is 0 Å². The first-order valence-electron chi connectivity index (χ1n) is 8.65. The van der Waals surface area contributed by atoms with Gasteiger partial charge < -0.3 is 5.32 Å². The number of rotatable bonds is 4. The second kappa shape index (κ2) is 6.30. The molecule has 1 aromatic rings. The van der Waals surface area contributed by atoms with Gasteiger partial charge in [-0.1, -0.05) is 38.0 Å². The van der Waals surface area contributed by atoms with E-state index < -0.39 is 0 Å². The SMILES string of the molecule is CCC1CCCC1NC(C)c1ccc2c(c1)CCCC2. The molecule has 20 heavy (non-hydrogen) atoms. The molecule has 2 aliphatic carbocycles. The molecule has 0 aliphatic heterocycles. The van der Waals surface area contributed by atoms with Crippen molar-refractivity contribution in [2.24, 2.45) is 5.92 Å². The van der Waals surface area contributed by atoms with Crippen molar-refractivity contribution in [2.75, 3.05) is 0 Å². The molecular formula is C19H29N. The van der Waals surface area contributed by atoms with Crippen LogP contribution in [0.25, 0.3) is 0 Å². The summed E-state index contributed by atoms with van der Waals surface area (Å²) in [5, 5.41) is 3.90. The third-order valence-corrected chi connectivity index (χ3v) is 5.52. The zero-order valence-corrected chi connectivity index (χ0v) is 13.1. The highest BCUT2D eigenvalue weighted by Gasteiger charge is 2.27. The minimum absolute atomic E-state index is 0.499. The number of aryl methyl sites for hydroxylation is 2. The van der Waals surface area contributed by atoms with Crippen LogP contribution in [0, 0.1) is 5.92 Å². The first kappa shape index (κ1) is 14.1. The lowest BCUT2D eigenvalue weighted by Gasteiger charge is -2.26. The fourth-order valence-corrected chi connectivity index (χ4v) is 4.18. The molecule has 0 aromatic heterocycles. The first-order valence-corrected chi connectivity index (χ1v) is 8.65. The Bertz CT molecular complexity index is 451. The van der Waals surface area contributed by atoms with Gasteiger partial charge in [-0.25, -0.2) is 0 Å². The van der Waals surface area contributed by atoms with Gasteiger partial charge in [0, 0.05) is 12.1 Å². The van der Waals surface area contributed by atoms with Gasteiger partial charge in [0.2, 0.25) is 0 Å². The van der Waals surface area contributed by atoms with Crippen molar-refractivity contribution >= 4 is 0 Å². The van der Waals surface area contributed by atoms with Gasteiger partial charge in [0.05, 0.1) is 0 Å². The Labute approximate surface area is 124 Å². The Morgan fingerprint density at radius 2 is 1.90 bits per heavy atom. The average Bonchev–Trinajstić information content (AvgIpc) is 2.94. The quantitative estimate of drug-likeness (QED) is 0.830. The maximum atomic E-state index is 3.90. The second-order valence-corrected chi connectivity index (χ2v) is 6.83. The van der Waals surface area contributed by atoms with Crippen molar-refractivity contribution in [3.05, 3.63) is 34.9 Å². The van der Waals surface area contributed by atoms with Crippen LogP contribution in [0.2, 0.25) is 0 Å². The van der Waals surface area contributed by atoms with Gasteiger partial charge in [0.25, 0.3) is 0 Å². The Kier molecular flexibility index (Phi) is 4.45. The summed E-state index contributed by atoms with van der Waals surface area (Å²) in [7, 11) is 0. The van der Waals surface area contributed by atoms with E-state index in [4.69, 9.17) is 0 Å². The van der Waals surface area contributed by atoms with Crippen LogP contribution in [-0.4, -0.2) is 6.04 Å². The van der Waals surface area contributed by atoms with Crippen LogP contribution in [0.3, 0.4) is 0 Å². The molecule has 0 amide bonds. The smallest absolute Gasteiger partial charge is 0.0294 e. The van der Waals surface area contributed by atoms with E-state index in [1.165, 1.54) is 56.9 Å². The lowest BCUT2D eigenvalue weighted by Crippen LogP contribution is -2.34. The zero-order chi connectivity index (χ0) is 13.9. The third-order valence-electron chi connectivity index (χ3n) is 5.52. The number of fused-ring (bicyclic) bond motifs is 1. The standard InChI is InChI=1S/C19H29N/c1-3-15-9-6-10-19(15)20-14(2)17-12-11-16-7-4-5-8-18(16)13-17/h11-15,19-20H,3-10H2,1-2H3. The summed E-state index contributed by atoms with van der Waals surface area (Å²) in [6.07, 6.45) is 10.9. The Morgan fingerprint density at radius 3 is 2.70 bits per heavy atom. The minimum atomic E-state index is 0.499. The summed E-state index contributed by atoms with van der Waals surface area (Å²) >= 11 is 0. The van der Waals surface area contributed by atoms with E-state index in [0.717, 1.165) is 12.0 Å². The third kappa shape index (κ3) is 2.93. The Morgan fingerprint density at radius 1 is 1.10 bits per heavy atom. The molecule has 1 N–H and O–H groups in total. The first-order chi connectivity index (χ1) is 9.78. The van der Waals surface area contributed by atoms with Crippen molar-refractivity contribution in [1.29, 1.82) is 0 Å². The highest BCUT2D eigenvalue weighted by molar-refractivity contribution is 5.35. The van der Waals surface area contributed by atoms with Crippen molar-refractivity contribution in [2.45, 2.75) is 77.3 Å². The summed E-state index contributed by atoms with van der Waals surface area (Å²) in [6.45, 7) is 4.68. The fraction of sp³-hybridized carbons (Fsp3) is 0.684. The lowest BCUT2D eigenvalue weighted by molar-refractivity contribution is 0.360. The summed E-state index contributed by atoms with van der Waals surface area (Å²) in [4.78, 5) is 0. The monoisotopic (exact) mass is 271 g/mol. The highest BCUT2D eigenvalue weighted by atomic mass is 15.0. The molecular weight excluding hydrogens is 242 g/mol. The molecule has 0 radical (unpaired) electrons. The predicted octanol–water partition coefficient (Wildman–Crippen LogP) is 4.79. The number of benzene rings is 1. The molecule has 1 fully saturated rings. The molecule has 2 aliphatic rings. The largest absolute Gasteiger partial charge is 0.307 e. The molecule has 3 atom stereocenters. The molecule has 1 heteroatoms. The van der Waals surface area contributed by atoms with Crippen LogP contribution in [0.1, 0.15) is 75.1 Å². The number of hydrogen-bond donors (Lipinski definition) is 1. The topological polar surface area (TPSA) is 12.0 Å². The van der Waals surface area contributed by atoms with Gasteiger partial charge >= 0.3 is 0 Å². The zero-order valence-electron chi connectivity index (χ0n) is 13.1. The van der Waals surface area contributed by atoms with Crippen molar-refractivity contribution in [3.63, 3.8) is 0 Å². The lowest BCUT2D eigenvalue weighted by atomic mass is 9.89. The minimum Gasteiger partial charge on any atom is -0.307 e. The van der Waals surface area contributed by atoms with E-state index in [9.17, 15) is 0 Å². The summed E-state index contributed by atoms with van der Waals surface area (Å²) in [5.74, 6) is 0.898. The molecule has 3 rings (SSSR count). The molecule has 110 valence electrons. The number of hydrogen-bond acceptors (Lipinski definition) is 1. The Hall–Kier alpha value is -0.820. The van der Waals surface area contributed by atoms with Gasteiger partial charge in [-0.15, -0.1) is 0 Å². The van der Waals surface area contributed by atoms with Crippen LogP contribution in [0.15, 0.2) is 18.2 Å². The molecule has 3 unspecified atom stereocenters. The highest BCUT2D eigenvalue weighted by Crippen LogP contribution is 2.31. The second-order valence-electron chi connectivity index (χ2n) is 6.83. The van der Waals surface area contributed by atoms with Crippen LogP contribution >= 0.6 is 0 Å². The fourth-order valence-electron chi connectivity index (χ4n) is 4.18. The molecule has 0 saturated heterocycles. The molecule has 1 saturated carbocycles. The van der Waals surface area contributed by atoms with Gasteiger partial charge in [0.1, 0.15) is 0 Å². The van der Waals surface area contributed by atoms with Crippen molar-refractivity contribution < 1.29 is 0 Å². The van der Waals surface area contributed by atoms with Gasteiger partial charge in [-0.3, -0.25) is 0 Å². The van der Waals surface area contributed by atoms with Crippen molar-refractivity contribution in [1.82, 2.24) is 5.32 Å². The maximum Gasteiger partial charge on any atom is 0.0294 e. The average molecular weight is 271 g/mol. The van der Waals surface area contributed by atoms with Crippen LogP contribution in [0.5, 0.6) is 0 Å². The molecule has 1 aromatic carbocycles. The van der Waals surface area contributed by atoms with E-state index in [-0.39, 0.29) is 0 Å². The summed E-state index contributed by atoms with van der Waals surface area (Å²) < 4.78 is 0. The van der Waals surface area contributed by atoms with Gasteiger partial charge in [-0.2, -0.15) is 0 Å².